The molecule has 3 atom stereocenters. The summed E-state index contributed by atoms with van der Waals surface area (Å²) in [7, 11) is 0. The molecular formula is C14H16O2. The summed E-state index contributed by atoms with van der Waals surface area (Å²) in [5.74, 6) is 5.84. The standard InChI is InChI=1S/C14H16O2/c1-10-4-6-12(7-5-10)8-9-14(3,15)13-11(2)16-13/h4-7,11,13,15H,1-3H3. The van der Waals surface area contributed by atoms with Gasteiger partial charge >= 0.3 is 0 Å². The van der Waals surface area contributed by atoms with E-state index < -0.39 is 5.60 Å². The first-order valence-corrected chi connectivity index (χ1v) is 5.47. The molecular weight excluding hydrogens is 200 g/mol. The van der Waals surface area contributed by atoms with Crippen LogP contribution in [0.4, 0.5) is 0 Å². The lowest BCUT2D eigenvalue weighted by Gasteiger charge is -2.12. The normalized spacial score (nSPS) is 26.5. The number of aryl methyl sites for hydroxylation is 1. The maximum atomic E-state index is 10.0. The van der Waals surface area contributed by atoms with Crippen molar-refractivity contribution >= 4 is 0 Å². The zero-order chi connectivity index (χ0) is 11.8. The Kier molecular flexibility index (Phi) is 2.75. The minimum atomic E-state index is -1.05. The molecule has 0 bridgehead atoms. The first-order valence-electron chi connectivity index (χ1n) is 5.47. The highest BCUT2D eigenvalue weighted by Crippen LogP contribution is 2.31. The maximum Gasteiger partial charge on any atom is 0.151 e. The molecule has 1 fully saturated rings. The predicted molar refractivity (Wildman–Crippen MR) is 63.0 cm³/mol. The monoisotopic (exact) mass is 216 g/mol. The Bertz CT molecular complexity index is 434. The van der Waals surface area contributed by atoms with Crippen LogP contribution >= 0.6 is 0 Å². The van der Waals surface area contributed by atoms with Crippen molar-refractivity contribution in [3.05, 3.63) is 35.4 Å². The van der Waals surface area contributed by atoms with Crippen LogP contribution in [0.15, 0.2) is 24.3 Å². The fourth-order valence-electron chi connectivity index (χ4n) is 1.68. The third kappa shape index (κ3) is 2.44. The van der Waals surface area contributed by atoms with Gasteiger partial charge in [-0.05, 0) is 32.9 Å². The highest BCUT2D eigenvalue weighted by molar-refractivity contribution is 5.38. The van der Waals surface area contributed by atoms with Gasteiger partial charge in [-0.3, -0.25) is 0 Å². The van der Waals surface area contributed by atoms with Crippen molar-refractivity contribution in [2.75, 3.05) is 0 Å². The summed E-state index contributed by atoms with van der Waals surface area (Å²) in [5.41, 5.74) is 1.07. The van der Waals surface area contributed by atoms with Crippen molar-refractivity contribution in [3.63, 3.8) is 0 Å². The Morgan fingerprint density at radius 3 is 2.38 bits per heavy atom. The van der Waals surface area contributed by atoms with Gasteiger partial charge in [0.15, 0.2) is 5.60 Å². The Hall–Kier alpha value is -1.30. The molecule has 0 amide bonds. The molecule has 1 aromatic rings. The molecule has 1 aliphatic heterocycles. The number of ether oxygens (including phenoxy) is 1. The zero-order valence-electron chi connectivity index (χ0n) is 9.82. The van der Waals surface area contributed by atoms with E-state index in [1.165, 1.54) is 5.56 Å². The highest BCUT2D eigenvalue weighted by Gasteiger charge is 2.47. The van der Waals surface area contributed by atoms with Gasteiger partial charge in [0, 0.05) is 5.56 Å². The SMILES string of the molecule is Cc1ccc(C#CC(C)(O)C2OC2C)cc1. The molecule has 0 aromatic heterocycles. The molecule has 16 heavy (non-hydrogen) atoms. The second-order valence-electron chi connectivity index (χ2n) is 4.53. The van der Waals surface area contributed by atoms with Crippen LogP contribution in [0, 0.1) is 18.8 Å². The van der Waals surface area contributed by atoms with Crippen molar-refractivity contribution in [1.82, 2.24) is 0 Å². The van der Waals surface area contributed by atoms with Gasteiger partial charge < -0.3 is 9.84 Å². The largest absolute Gasteiger partial charge is 0.375 e. The molecule has 1 N–H and O–H groups in total. The van der Waals surface area contributed by atoms with Gasteiger partial charge in [0.2, 0.25) is 0 Å². The minimum absolute atomic E-state index is 0.113. The van der Waals surface area contributed by atoms with Crippen LogP contribution in [-0.2, 0) is 4.74 Å². The molecule has 0 radical (unpaired) electrons. The van der Waals surface area contributed by atoms with Gasteiger partial charge in [0.1, 0.15) is 6.10 Å². The number of benzene rings is 1. The summed E-state index contributed by atoms with van der Waals surface area (Å²) in [6.45, 7) is 5.67. The van der Waals surface area contributed by atoms with Crippen LogP contribution in [0.2, 0.25) is 0 Å². The lowest BCUT2D eigenvalue weighted by atomic mass is 10.0. The Morgan fingerprint density at radius 2 is 1.88 bits per heavy atom. The molecule has 2 nitrogen and oxygen atoms in total. The van der Waals surface area contributed by atoms with E-state index >= 15 is 0 Å². The zero-order valence-corrected chi connectivity index (χ0v) is 9.82. The summed E-state index contributed by atoms with van der Waals surface area (Å²) in [5, 5.41) is 10.0. The Labute approximate surface area is 96.3 Å². The van der Waals surface area contributed by atoms with Crippen molar-refractivity contribution in [2.45, 2.75) is 38.6 Å². The number of aliphatic hydroxyl groups is 1. The van der Waals surface area contributed by atoms with Gasteiger partial charge in [-0.1, -0.05) is 29.5 Å². The molecule has 0 spiro atoms. The van der Waals surface area contributed by atoms with E-state index in [0.29, 0.717) is 0 Å². The quantitative estimate of drug-likeness (QED) is 0.574. The van der Waals surface area contributed by atoms with E-state index in [2.05, 4.69) is 11.8 Å². The van der Waals surface area contributed by atoms with Crippen LogP contribution in [0.25, 0.3) is 0 Å². The van der Waals surface area contributed by atoms with Crippen molar-refractivity contribution in [2.24, 2.45) is 0 Å². The van der Waals surface area contributed by atoms with Crippen molar-refractivity contribution in [3.8, 4) is 11.8 Å². The van der Waals surface area contributed by atoms with Crippen LogP contribution in [-0.4, -0.2) is 22.9 Å². The topological polar surface area (TPSA) is 32.8 Å². The van der Waals surface area contributed by atoms with Crippen LogP contribution in [0.1, 0.15) is 25.0 Å². The second kappa shape index (κ2) is 3.93. The molecule has 1 saturated heterocycles. The number of rotatable bonds is 1. The van der Waals surface area contributed by atoms with Gasteiger partial charge in [0.25, 0.3) is 0 Å². The first-order chi connectivity index (χ1) is 7.49. The van der Waals surface area contributed by atoms with Gasteiger partial charge in [-0.25, -0.2) is 0 Å². The maximum absolute atomic E-state index is 10.0. The third-order valence-corrected chi connectivity index (χ3v) is 2.78. The van der Waals surface area contributed by atoms with Crippen LogP contribution in [0.5, 0.6) is 0 Å². The number of hydrogen-bond donors (Lipinski definition) is 1. The van der Waals surface area contributed by atoms with Crippen molar-refractivity contribution in [1.29, 1.82) is 0 Å². The molecule has 3 unspecified atom stereocenters. The van der Waals surface area contributed by atoms with Crippen molar-refractivity contribution < 1.29 is 9.84 Å². The molecule has 1 heterocycles. The van der Waals surface area contributed by atoms with E-state index in [1.54, 1.807) is 6.92 Å². The highest BCUT2D eigenvalue weighted by atomic mass is 16.6. The first kappa shape index (κ1) is 11.2. The molecule has 2 heteroatoms. The Balaban J connectivity index is 2.12. The number of epoxide rings is 1. The van der Waals surface area contributed by atoms with Gasteiger partial charge in [0.05, 0.1) is 6.10 Å². The molecule has 0 aliphatic carbocycles. The summed E-state index contributed by atoms with van der Waals surface area (Å²) >= 11 is 0. The van der Waals surface area contributed by atoms with E-state index in [-0.39, 0.29) is 12.2 Å². The van der Waals surface area contributed by atoms with Gasteiger partial charge in [-0.15, -0.1) is 0 Å². The third-order valence-electron chi connectivity index (χ3n) is 2.78. The fourth-order valence-corrected chi connectivity index (χ4v) is 1.68. The smallest absolute Gasteiger partial charge is 0.151 e. The van der Waals surface area contributed by atoms with E-state index in [9.17, 15) is 5.11 Å². The predicted octanol–water partition coefficient (Wildman–Crippen LogP) is 1.88. The molecule has 84 valence electrons. The molecule has 2 rings (SSSR count). The fraction of sp³-hybridized carbons (Fsp3) is 0.429. The van der Waals surface area contributed by atoms with Gasteiger partial charge in [-0.2, -0.15) is 0 Å². The van der Waals surface area contributed by atoms with Crippen LogP contribution in [0.3, 0.4) is 0 Å². The lowest BCUT2D eigenvalue weighted by molar-refractivity contribution is 0.0863. The molecule has 1 aliphatic rings. The second-order valence-corrected chi connectivity index (χ2v) is 4.53. The molecule has 1 aromatic carbocycles. The molecule has 0 saturated carbocycles. The summed E-state index contributed by atoms with van der Waals surface area (Å²) in [6.07, 6.45) is -0.0345. The summed E-state index contributed by atoms with van der Waals surface area (Å²) in [4.78, 5) is 0. The van der Waals surface area contributed by atoms with E-state index in [1.807, 2.05) is 38.1 Å². The minimum Gasteiger partial charge on any atom is -0.375 e. The average Bonchev–Trinajstić information content (AvgIpc) is 2.96. The van der Waals surface area contributed by atoms with E-state index in [0.717, 1.165) is 5.56 Å². The lowest BCUT2D eigenvalue weighted by Crippen LogP contribution is -2.30. The average molecular weight is 216 g/mol. The number of hydrogen-bond acceptors (Lipinski definition) is 2. The van der Waals surface area contributed by atoms with Crippen LogP contribution < -0.4 is 0 Å². The summed E-state index contributed by atoms with van der Waals surface area (Å²) < 4.78 is 5.24. The Morgan fingerprint density at radius 1 is 1.31 bits per heavy atom. The summed E-state index contributed by atoms with van der Waals surface area (Å²) in [6, 6.07) is 7.93. The van der Waals surface area contributed by atoms with E-state index in [4.69, 9.17) is 4.74 Å².